The highest BCUT2D eigenvalue weighted by molar-refractivity contribution is 5.98. The minimum atomic E-state index is -0.700. The van der Waals surface area contributed by atoms with Gasteiger partial charge >= 0.3 is 6.09 Å². The summed E-state index contributed by atoms with van der Waals surface area (Å²) in [6.45, 7) is 24.1. The number of aromatic nitrogens is 5. The number of fused-ring (bicyclic) bond motifs is 1. The van der Waals surface area contributed by atoms with Crippen LogP contribution in [-0.4, -0.2) is 67.4 Å². The maximum Gasteiger partial charge on any atom is 0.410 e. The van der Waals surface area contributed by atoms with Crippen molar-refractivity contribution in [1.29, 1.82) is 0 Å². The Morgan fingerprint density at radius 1 is 0.966 bits per heavy atom. The van der Waals surface area contributed by atoms with E-state index in [0.717, 1.165) is 18.4 Å². The third-order valence-electron chi connectivity index (χ3n) is 7.73. The highest BCUT2D eigenvalue weighted by Crippen LogP contribution is 2.39. The maximum absolute atomic E-state index is 12.4. The van der Waals surface area contributed by atoms with Crippen molar-refractivity contribution in [2.75, 3.05) is 30.8 Å². The molecule has 14 heteroatoms. The van der Waals surface area contributed by atoms with Crippen LogP contribution in [0.1, 0.15) is 106 Å². The largest absolute Gasteiger partial charge is 0.494 e. The van der Waals surface area contributed by atoms with Crippen LogP contribution in [0.3, 0.4) is 0 Å². The Hall–Kier alpha value is -6.18. The molecule has 1 aliphatic heterocycles. The lowest BCUT2D eigenvalue weighted by atomic mass is 10.1. The van der Waals surface area contributed by atoms with Gasteiger partial charge in [0, 0.05) is 25.5 Å². The predicted molar refractivity (Wildman–Crippen MR) is 237 cm³/mol. The maximum atomic E-state index is 12.4. The van der Waals surface area contributed by atoms with E-state index in [1.165, 1.54) is 13.3 Å². The molecule has 3 aromatic heterocycles. The van der Waals surface area contributed by atoms with Crippen LogP contribution in [0.25, 0.3) is 22.6 Å². The number of hydrogen-bond donors (Lipinski definition) is 3. The average molecular weight is 800 g/mol. The van der Waals surface area contributed by atoms with Crippen molar-refractivity contribution in [2.24, 2.45) is 5.73 Å². The molecule has 0 unspecified atom stereocenters. The first-order chi connectivity index (χ1) is 27.5. The number of nitrogens with zero attached hydrogens (tertiary/aromatic N) is 6. The van der Waals surface area contributed by atoms with Crippen LogP contribution >= 0.6 is 0 Å². The van der Waals surface area contributed by atoms with Gasteiger partial charge in [-0.25, -0.2) is 14.8 Å². The monoisotopic (exact) mass is 800 g/mol. The second-order valence-electron chi connectivity index (χ2n) is 12.6. The molecule has 5 aromatic rings. The van der Waals surface area contributed by atoms with E-state index in [2.05, 4.69) is 37.3 Å². The number of ether oxygens (including phenoxy) is 2. The summed E-state index contributed by atoms with van der Waals surface area (Å²) in [4.78, 5) is 39.9. The number of nitrogens with one attached hydrogen (secondary N) is 2. The van der Waals surface area contributed by atoms with Crippen molar-refractivity contribution >= 4 is 46.2 Å². The van der Waals surface area contributed by atoms with Gasteiger partial charge in [-0.2, -0.15) is 10.1 Å². The molecule has 0 spiro atoms. The van der Waals surface area contributed by atoms with Gasteiger partial charge in [-0.15, -0.1) is 0 Å². The molecular formula is C44H65N9O5. The van der Waals surface area contributed by atoms with E-state index in [-0.39, 0.29) is 36.9 Å². The molecule has 58 heavy (non-hydrogen) atoms. The van der Waals surface area contributed by atoms with Crippen LogP contribution in [0, 0.1) is 0 Å². The summed E-state index contributed by atoms with van der Waals surface area (Å²) in [6.07, 6.45) is 11.6. The van der Waals surface area contributed by atoms with Crippen LogP contribution < -0.4 is 21.1 Å². The number of para-hydroxylation sites is 3. The van der Waals surface area contributed by atoms with Crippen LogP contribution in [0.2, 0.25) is 0 Å². The number of carbonyl (C=O) groups excluding carboxylic acids is 2. The van der Waals surface area contributed by atoms with E-state index >= 15 is 0 Å². The summed E-state index contributed by atoms with van der Waals surface area (Å²) in [5, 5.41) is 10.8. The van der Waals surface area contributed by atoms with E-state index in [9.17, 15) is 9.59 Å². The zero-order valence-corrected chi connectivity index (χ0v) is 35.4. The van der Waals surface area contributed by atoms with E-state index in [1.807, 2.05) is 129 Å². The first kappa shape index (κ1) is 49.8. The lowest BCUT2D eigenvalue weighted by molar-refractivity contribution is 0.0184. The first-order valence-electron chi connectivity index (χ1n) is 19.5. The molecule has 14 nitrogen and oxygen atoms in total. The molecule has 4 N–H and O–H groups in total. The number of methoxy groups -OCH3 is 1. The quantitative estimate of drug-likeness (QED) is 0.121. The number of hydrogen-bond acceptors (Lipinski definition) is 11. The number of allylic oxidation sites excluding steroid dienone is 3. The smallest absolute Gasteiger partial charge is 0.410 e. The SMILES string of the molecule is C.C=C/C=C\C.CC.CC.CC.COc1c(Nc2nc(Nc3cnn(C4CCN(C(=O)OC(C)(C)C)CC4)c3)ncc2C(N)=O)cccc1-c1nc2ccccc2o1. The lowest BCUT2D eigenvalue weighted by Crippen LogP contribution is -2.42. The van der Waals surface area contributed by atoms with Gasteiger partial charge in [-0.1, -0.05) is 92.0 Å². The van der Waals surface area contributed by atoms with E-state index in [0.29, 0.717) is 47.3 Å². The van der Waals surface area contributed by atoms with Crippen molar-refractivity contribution in [3.63, 3.8) is 0 Å². The number of rotatable bonds is 9. The van der Waals surface area contributed by atoms with Gasteiger partial charge in [0.05, 0.1) is 36.3 Å². The first-order valence-corrected chi connectivity index (χ1v) is 19.5. The molecule has 4 heterocycles. The van der Waals surface area contributed by atoms with Gasteiger partial charge in [-0.3, -0.25) is 9.48 Å². The molecule has 2 aromatic carbocycles. The Morgan fingerprint density at radius 3 is 2.21 bits per heavy atom. The number of primary amides is 1. The fraction of sp³-hybridized carbons (Fsp3) is 0.409. The Bertz CT molecular complexity index is 1990. The predicted octanol–water partition coefficient (Wildman–Crippen LogP) is 11.1. The van der Waals surface area contributed by atoms with Crippen molar-refractivity contribution in [1.82, 2.24) is 29.6 Å². The van der Waals surface area contributed by atoms with Gasteiger partial charge in [0.25, 0.3) is 5.91 Å². The van der Waals surface area contributed by atoms with Crippen molar-refractivity contribution in [2.45, 2.75) is 101 Å². The van der Waals surface area contributed by atoms with Crippen molar-refractivity contribution in [3.8, 4) is 17.2 Å². The summed E-state index contributed by atoms with van der Waals surface area (Å²) in [5.41, 5.74) is 8.37. The number of carbonyl (C=O) groups is 2. The Morgan fingerprint density at radius 2 is 1.64 bits per heavy atom. The van der Waals surface area contributed by atoms with Crippen LogP contribution in [-0.2, 0) is 4.74 Å². The Labute approximate surface area is 344 Å². The second kappa shape index (κ2) is 25.1. The minimum absolute atomic E-state index is 0. The van der Waals surface area contributed by atoms with E-state index in [1.54, 1.807) is 23.2 Å². The average Bonchev–Trinajstić information content (AvgIpc) is 3.88. The van der Waals surface area contributed by atoms with Crippen molar-refractivity contribution in [3.05, 3.63) is 91.4 Å². The van der Waals surface area contributed by atoms with Gasteiger partial charge in [-0.05, 0) is 64.8 Å². The molecule has 0 saturated carbocycles. The zero-order chi connectivity index (χ0) is 42.5. The zero-order valence-electron chi connectivity index (χ0n) is 35.4. The number of anilines is 4. The van der Waals surface area contributed by atoms with Crippen LogP contribution in [0.4, 0.5) is 27.9 Å². The number of benzene rings is 2. The summed E-state index contributed by atoms with van der Waals surface area (Å²) in [7, 11) is 1.54. The Balaban J connectivity index is 0.00000127. The molecule has 0 atom stereocenters. The fourth-order valence-corrected chi connectivity index (χ4v) is 5.36. The third-order valence-corrected chi connectivity index (χ3v) is 7.73. The number of likely N-dealkylation sites (tertiary alicyclic amines) is 1. The molecule has 1 saturated heterocycles. The topological polar surface area (TPSA) is 176 Å². The molecule has 1 aliphatic rings. The third kappa shape index (κ3) is 14.1. The Kier molecular flexibility index (Phi) is 21.6. The molecular weight excluding hydrogens is 735 g/mol. The standard InChI is InChI=1S/C32H35N9O5.C5H8.3C2H6.CH4/c1-32(2,3)46-31(43)40-14-12-20(13-15-40)41-18-19(16-35-41)36-30-34-17-22(27(33)42)28(39-30)37-24-10-7-8-21(26(24)44-4)29-38-23-9-5-6-11-25(23)45-29;1-3-5-4-2;3*1-2;/h5-11,16-18,20H,12-15H2,1-4H3,(H2,33,42)(H2,34,36,37,39);3-5H,1H2,2H3;3*1-2H3;1H4/b;5-4-;;;;. The minimum Gasteiger partial charge on any atom is -0.494 e. The highest BCUT2D eigenvalue weighted by atomic mass is 16.6. The van der Waals surface area contributed by atoms with Crippen LogP contribution in [0.5, 0.6) is 5.75 Å². The van der Waals surface area contributed by atoms with Crippen molar-refractivity contribution < 1.29 is 23.5 Å². The van der Waals surface area contributed by atoms with Crippen LogP contribution in [0.15, 0.2) is 90.3 Å². The fourth-order valence-electron chi connectivity index (χ4n) is 5.36. The van der Waals surface area contributed by atoms with Gasteiger partial charge < -0.3 is 35.2 Å². The summed E-state index contributed by atoms with van der Waals surface area (Å²) >= 11 is 0. The van der Waals surface area contributed by atoms with E-state index < -0.39 is 11.5 Å². The number of nitrogens with two attached hydrogens (primary N) is 1. The molecule has 316 valence electrons. The summed E-state index contributed by atoms with van der Waals surface area (Å²) in [6, 6.07) is 13.0. The number of piperidine rings is 1. The van der Waals surface area contributed by atoms with E-state index in [4.69, 9.17) is 19.6 Å². The van der Waals surface area contributed by atoms with Gasteiger partial charge in [0.15, 0.2) is 11.3 Å². The second-order valence-corrected chi connectivity index (χ2v) is 12.6. The molecule has 0 aliphatic carbocycles. The lowest BCUT2D eigenvalue weighted by Gasteiger charge is -2.33. The normalized spacial score (nSPS) is 12.1. The number of oxazole rings is 1. The highest BCUT2D eigenvalue weighted by Gasteiger charge is 2.28. The molecule has 6 rings (SSSR count). The summed E-state index contributed by atoms with van der Waals surface area (Å²) < 4.78 is 19.1. The van der Waals surface area contributed by atoms with Gasteiger partial charge in [0.1, 0.15) is 22.5 Å². The van der Waals surface area contributed by atoms with Gasteiger partial charge in [0.2, 0.25) is 11.8 Å². The number of amides is 2. The molecule has 0 bridgehead atoms. The molecule has 0 radical (unpaired) electrons. The summed E-state index contributed by atoms with van der Waals surface area (Å²) in [5.74, 6) is 0.528. The molecule has 1 fully saturated rings. The molecule has 2 amide bonds.